The molecule has 1 aromatic carbocycles. The second kappa shape index (κ2) is 4.16. The molecule has 96 valence electrons. The minimum atomic E-state index is 0.673. The highest BCUT2D eigenvalue weighted by atomic mass is 16.6. The lowest BCUT2D eigenvalue weighted by Gasteiger charge is -2.45. The number of benzene rings is 1. The molecule has 3 heteroatoms. The van der Waals surface area contributed by atoms with Crippen LogP contribution in [0.25, 0.3) is 0 Å². The van der Waals surface area contributed by atoms with Crippen molar-refractivity contribution >= 4 is 0 Å². The molecule has 3 saturated heterocycles. The fraction of sp³-hybridized carbons (Fsp3) is 0.600. The fourth-order valence-corrected chi connectivity index (χ4v) is 3.63. The van der Waals surface area contributed by atoms with Crippen molar-refractivity contribution < 1.29 is 9.47 Å². The van der Waals surface area contributed by atoms with Gasteiger partial charge in [-0.3, -0.25) is 0 Å². The molecule has 18 heavy (non-hydrogen) atoms. The molecule has 4 aliphatic heterocycles. The third-order valence-electron chi connectivity index (χ3n) is 4.65. The van der Waals surface area contributed by atoms with E-state index < -0.39 is 0 Å². The summed E-state index contributed by atoms with van der Waals surface area (Å²) in [6, 6.07) is 6.53. The molecule has 4 aliphatic rings. The topological polar surface area (TPSA) is 21.7 Å². The van der Waals surface area contributed by atoms with Gasteiger partial charge in [0.1, 0.15) is 13.2 Å². The van der Waals surface area contributed by atoms with Crippen LogP contribution in [-0.2, 0) is 0 Å². The number of fused-ring (bicyclic) bond motifs is 4. The zero-order valence-corrected chi connectivity index (χ0v) is 10.6. The molecule has 0 radical (unpaired) electrons. The summed E-state index contributed by atoms with van der Waals surface area (Å²) in [5, 5.41) is 0. The molecule has 2 bridgehead atoms. The second-order valence-corrected chi connectivity index (χ2v) is 5.65. The van der Waals surface area contributed by atoms with E-state index in [0.29, 0.717) is 19.1 Å². The minimum Gasteiger partial charge on any atom is -0.486 e. The van der Waals surface area contributed by atoms with Gasteiger partial charge >= 0.3 is 0 Å². The van der Waals surface area contributed by atoms with Crippen LogP contribution in [0, 0.1) is 5.92 Å². The Bertz CT molecular complexity index is 452. The molecule has 0 saturated carbocycles. The molecule has 1 atom stereocenters. The van der Waals surface area contributed by atoms with E-state index in [2.05, 4.69) is 23.1 Å². The lowest BCUT2D eigenvalue weighted by atomic mass is 9.75. The molecule has 0 N–H and O–H groups in total. The molecular formula is C15H19NO2. The smallest absolute Gasteiger partial charge is 0.161 e. The van der Waals surface area contributed by atoms with Gasteiger partial charge in [0.2, 0.25) is 0 Å². The average molecular weight is 245 g/mol. The largest absolute Gasteiger partial charge is 0.486 e. The van der Waals surface area contributed by atoms with Gasteiger partial charge in [-0.05, 0) is 55.5 Å². The first kappa shape index (κ1) is 10.7. The number of ether oxygens (including phenoxy) is 2. The third kappa shape index (κ3) is 1.69. The van der Waals surface area contributed by atoms with Crippen LogP contribution in [0.5, 0.6) is 11.5 Å². The van der Waals surface area contributed by atoms with Gasteiger partial charge in [-0.2, -0.15) is 0 Å². The Hall–Kier alpha value is -1.22. The predicted molar refractivity (Wildman–Crippen MR) is 69.3 cm³/mol. The van der Waals surface area contributed by atoms with Crippen molar-refractivity contribution in [3.05, 3.63) is 23.8 Å². The summed E-state index contributed by atoms with van der Waals surface area (Å²) >= 11 is 0. The van der Waals surface area contributed by atoms with Crippen LogP contribution >= 0.6 is 0 Å². The van der Waals surface area contributed by atoms with Crippen LogP contribution in [0.3, 0.4) is 0 Å². The van der Waals surface area contributed by atoms with Crippen LogP contribution in [0.15, 0.2) is 18.2 Å². The Morgan fingerprint density at radius 1 is 1.00 bits per heavy atom. The van der Waals surface area contributed by atoms with Gasteiger partial charge in [0, 0.05) is 6.54 Å². The summed E-state index contributed by atoms with van der Waals surface area (Å²) in [6.45, 7) is 5.17. The lowest BCUT2D eigenvalue weighted by Crippen LogP contribution is -2.46. The molecular weight excluding hydrogens is 226 g/mol. The Kier molecular flexibility index (Phi) is 2.47. The van der Waals surface area contributed by atoms with E-state index in [1.165, 1.54) is 38.0 Å². The van der Waals surface area contributed by atoms with Crippen molar-refractivity contribution in [2.24, 2.45) is 5.92 Å². The molecule has 3 fully saturated rings. The Labute approximate surface area is 108 Å². The molecule has 5 rings (SSSR count). The van der Waals surface area contributed by atoms with Crippen LogP contribution in [0.4, 0.5) is 0 Å². The first-order valence-electron chi connectivity index (χ1n) is 7.02. The van der Waals surface area contributed by atoms with E-state index in [4.69, 9.17) is 9.47 Å². The molecule has 1 aromatic rings. The Morgan fingerprint density at radius 3 is 2.50 bits per heavy atom. The quantitative estimate of drug-likeness (QED) is 0.757. The third-order valence-corrected chi connectivity index (χ3v) is 4.65. The van der Waals surface area contributed by atoms with Crippen LogP contribution in [0.2, 0.25) is 0 Å². The van der Waals surface area contributed by atoms with E-state index in [9.17, 15) is 0 Å². The van der Waals surface area contributed by atoms with E-state index >= 15 is 0 Å². The molecule has 1 unspecified atom stereocenters. The highest BCUT2D eigenvalue weighted by molar-refractivity contribution is 5.45. The number of hydrogen-bond acceptors (Lipinski definition) is 3. The maximum absolute atomic E-state index is 5.70. The minimum absolute atomic E-state index is 0.673. The second-order valence-electron chi connectivity index (χ2n) is 5.65. The molecule has 0 amide bonds. The predicted octanol–water partition coefficient (Wildman–Crippen LogP) is 2.27. The zero-order valence-electron chi connectivity index (χ0n) is 10.6. The normalized spacial score (nSPS) is 33.4. The van der Waals surface area contributed by atoms with Crippen molar-refractivity contribution in [2.45, 2.75) is 18.8 Å². The monoisotopic (exact) mass is 245 g/mol. The summed E-state index contributed by atoms with van der Waals surface area (Å²) in [5.74, 6) is 3.42. The van der Waals surface area contributed by atoms with Crippen LogP contribution in [0.1, 0.15) is 24.3 Å². The van der Waals surface area contributed by atoms with Gasteiger partial charge in [-0.15, -0.1) is 0 Å². The summed E-state index contributed by atoms with van der Waals surface area (Å²) < 4.78 is 11.3. The summed E-state index contributed by atoms with van der Waals surface area (Å²) in [7, 11) is 0. The SMILES string of the molecule is c1cc2c(cc1C1CN3CCC1CC3)OCCO2. The van der Waals surface area contributed by atoms with Gasteiger partial charge in [-0.25, -0.2) is 0 Å². The van der Waals surface area contributed by atoms with Gasteiger partial charge in [0.25, 0.3) is 0 Å². The van der Waals surface area contributed by atoms with Crippen molar-refractivity contribution in [1.29, 1.82) is 0 Å². The number of rotatable bonds is 1. The number of nitrogens with zero attached hydrogens (tertiary/aromatic N) is 1. The van der Waals surface area contributed by atoms with E-state index in [1.54, 1.807) is 0 Å². The first-order chi connectivity index (χ1) is 8.90. The van der Waals surface area contributed by atoms with Crippen molar-refractivity contribution in [3.63, 3.8) is 0 Å². The maximum atomic E-state index is 5.70. The lowest BCUT2D eigenvalue weighted by molar-refractivity contribution is 0.0867. The van der Waals surface area contributed by atoms with Gasteiger partial charge in [0.15, 0.2) is 11.5 Å². The summed E-state index contributed by atoms with van der Waals surface area (Å²) in [4.78, 5) is 2.60. The summed E-state index contributed by atoms with van der Waals surface area (Å²) in [5.41, 5.74) is 1.44. The highest BCUT2D eigenvalue weighted by Crippen LogP contribution is 2.41. The van der Waals surface area contributed by atoms with Crippen molar-refractivity contribution in [3.8, 4) is 11.5 Å². The van der Waals surface area contributed by atoms with E-state index in [-0.39, 0.29) is 0 Å². The van der Waals surface area contributed by atoms with E-state index in [0.717, 1.165) is 17.4 Å². The average Bonchev–Trinajstić information content (AvgIpc) is 2.48. The fourth-order valence-electron chi connectivity index (χ4n) is 3.63. The maximum Gasteiger partial charge on any atom is 0.161 e. The first-order valence-corrected chi connectivity index (χ1v) is 7.02. The van der Waals surface area contributed by atoms with Crippen molar-refractivity contribution in [2.75, 3.05) is 32.8 Å². The molecule has 0 aromatic heterocycles. The number of piperidine rings is 3. The van der Waals surface area contributed by atoms with Crippen LogP contribution < -0.4 is 9.47 Å². The molecule has 0 spiro atoms. The Balaban J connectivity index is 1.64. The molecule has 4 heterocycles. The van der Waals surface area contributed by atoms with Gasteiger partial charge < -0.3 is 14.4 Å². The zero-order chi connectivity index (χ0) is 11.9. The van der Waals surface area contributed by atoms with Gasteiger partial charge in [-0.1, -0.05) is 6.07 Å². The van der Waals surface area contributed by atoms with E-state index in [1.807, 2.05) is 0 Å². The standard InChI is InChI=1S/C15H19NO2/c1-2-14-15(18-8-7-17-14)9-12(1)13-10-16-5-3-11(13)4-6-16/h1-2,9,11,13H,3-8,10H2. The van der Waals surface area contributed by atoms with Crippen molar-refractivity contribution in [1.82, 2.24) is 4.90 Å². The number of hydrogen-bond donors (Lipinski definition) is 0. The molecule has 3 nitrogen and oxygen atoms in total. The van der Waals surface area contributed by atoms with Crippen LogP contribution in [-0.4, -0.2) is 37.7 Å². The highest BCUT2D eigenvalue weighted by Gasteiger charge is 2.35. The summed E-state index contributed by atoms with van der Waals surface area (Å²) in [6.07, 6.45) is 2.72. The molecule has 0 aliphatic carbocycles. The van der Waals surface area contributed by atoms with Gasteiger partial charge in [0.05, 0.1) is 0 Å². The Morgan fingerprint density at radius 2 is 1.78 bits per heavy atom.